The van der Waals surface area contributed by atoms with Gasteiger partial charge in [-0.3, -0.25) is 0 Å². The van der Waals surface area contributed by atoms with Crippen molar-refractivity contribution in [2.45, 2.75) is 33.2 Å². The van der Waals surface area contributed by atoms with Crippen LogP contribution in [0.25, 0.3) is 10.9 Å². The number of nitrogens with one attached hydrogen (secondary N) is 1. The fourth-order valence-electron chi connectivity index (χ4n) is 2.63. The highest BCUT2D eigenvalue weighted by Crippen LogP contribution is 2.22. The van der Waals surface area contributed by atoms with Gasteiger partial charge in [0, 0.05) is 11.9 Å². The van der Waals surface area contributed by atoms with Gasteiger partial charge in [0.15, 0.2) is 0 Å². The van der Waals surface area contributed by atoms with Crippen LogP contribution in [0.4, 0.5) is 5.82 Å². The molecular formula is C17H26N4O. The van der Waals surface area contributed by atoms with Gasteiger partial charge in [0.1, 0.15) is 12.1 Å². The summed E-state index contributed by atoms with van der Waals surface area (Å²) >= 11 is 0. The number of fused-ring (bicyclic) bond motifs is 1. The monoisotopic (exact) mass is 302 g/mol. The molecule has 1 atom stereocenters. The van der Waals surface area contributed by atoms with Gasteiger partial charge < -0.3 is 15.3 Å². The molecule has 1 aromatic heterocycles. The molecular weight excluding hydrogens is 276 g/mol. The van der Waals surface area contributed by atoms with E-state index in [9.17, 15) is 5.11 Å². The average molecular weight is 302 g/mol. The van der Waals surface area contributed by atoms with Crippen LogP contribution in [0.2, 0.25) is 0 Å². The summed E-state index contributed by atoms with van der Waals surface area (Å²) in [5.74, 6) is 0.798. The number of aromatic nitrogens is 2. The topological polar surface area (TPSA) is 61.3 Å². The van der Waals surface area contributed by atoms with Crippen molar-refractivity contribution in [1.82, 2.24) is 14.9 Å². The number of rotatable bonds is 8. The molecule has 0 aliphatic heterocycles. The third-order valence-corrected chi connectivity index (χ3v) is 4.12. The lowest BCUT2D eigenvalue weighted by molar-refractivity contribution is 0.240. The number of nitrogens with zero attached hydrogens (tertiary/aromatic N) is 3. The Kier molecular flexibility index (Phi) is 6.10. The lowest BCUT2D eigenvalue weighted by atomic mass is 10.1. The summed E-state index contributed by atoms with van der Waals surface area (Å²) in [5, 5.41) is 14.0. The van der Waals surface area contributed by atoms with Gasteiger partial charge in [-0.25, -0.2) is 9.97 Å². The fourth-order valence-corrected chi connectivity index (χ4v) is 2.63. The molecule has 22 heavy (non-hydrogen) atoms. The van der Waals surface area contributed by atoms with Crippen molar-refractivity contribution in [2.24, 2.45) is 0 Å². The molecule has 0 radical (unpaired) electrons. The van der Waals surface area contributed by atoms with Crippen LogP contribution in [0.5, 0.6) is 0 Å². The van der Waals surface area contributed by atoms with Gasteiger partial charge in [-0.1, -0.05) is 26.0 Å². The first-order valence-corrected chi connectivity index (χ1v) is 7.99. The second-order valence-electron chi connectivity index (χ2n) is 5.53. The summed E-state index contributed by atoms with van der Waals surface area (Å²) in [5.41, 5.74) is 2.09. The molecule has 0 saturated carbocycles. The lowest BCUT2D eigenvalue weighted by Gasteiger charge is -2.23. The summed E-state index contributed by atoms with van der Waals surface area (Å²) < 4.78 is 0. The van der Waals surface area contributed by atoms with Crippen molar-refractivity contribution in [1.29, 1.82) is 0 Å². The van der Waals surface area contributed by atoms with Crippen LogP contribution in [0.3, 0.4) is 0 Å². The van der Waals surface area contributed by atoms with Crippen molar-refractivity contribution in [3.8, 4) is 0 Å². The van der Waals surface area contributed by atoms with Gasteiger partial charge in [0.25, 0.3) is 0 Å². The highest BCUT2D eigenvalue weighted by molar-refractivity contribution is 5.90. The maximum absolute atomic E-state index is 9.65. The highest BCUT2D eigenvalue weighted by atomic mass is 16.3. The van der Waals surface area contributed by atoms with E-state index in [1.54, 1.807) is 6.33 Å². The summed E-state index contributed by atoms with van der Waals surface area (Å²) in [6.07, 6.45) is 2.46. The van der Waals surface area contributed by atoms with Gasteiger partial charge in [-0.05, 0) is 38.1 Å². The molecule has 0 bridgehead atoms. The van der Waals surface area contributed by atoms with Crippen LogP contribution < -0.4 is 5.32 Å². The first-order chi connectivity index (χ1) is 10.7. The molecule has 2 aromatic rings. The number of hydrogen-bond acceptors (Lipinski definition) is 5. The zero-order valence-electron chi connectivity index (χ0n) is 13.7. The predicted molar refractivity (Wildman–Crippen MR) is 91.2 cm³/mol. The van der Waals surface area contributed by atoms with Gasteiger partial charge in [0.2, 0.25) is 0 Å². The van der Waals surface area contributed by atoms with Crippen molar-refractivity contribution in [3.63, 3.8) is 0 Å². The second kappa shape index (κ2) is 8.06. The summed E-state index contributed by atoms with van der Waals surface area (Å²) in [6, 6.07) is 6.07. The molecule has 0 aliphatic rings. The fraction of sp³-hybridized carbons (Fsp3) is 0.529. The van der Waals surface area contributed by atoms with E-state index in [1.165, 1.54) is 0 Å². The third kappa shape index (κ3) is 3.93. The molecule has 5 nitrogen and oxygen atoms in total. The van der Waals surface area contributed by atoms with Crippen LogP contribution in [-0.4, -0.2) is 52.3 Å². The van der Waals surface area contributed by atoms with Crippen molar-refractivity contribution >= 4 is 16.7 Å². The molecule has 5 heteroatoms. The van der Waals surface area contributed by atoms with Crippen molar-refractivity contribution in [3.05, 3.63) is 30.1 Å². The van der Waals surface area contributed by atoms with Gasteiger partial charge >= 0.3 is 0 Å². The SMILES string of the molecule is CCN(CC)CCC(CO)Nc1ncnc2c(C)cccc12. The van der Waals surface area contributed by atoms with Crippen LogP contribution in [-0.2, 0) is 0 Å². The number of hydrogen-bond donors (Lipinski definition) is 2. The molecule has 0 amide bonds. The first kappa shape index (κ1) is 16.6. The van der Waals surface area contributed by atoms with Gasteiger partial charge in [-0.2, -0.15) is 0 Å². The van der Waals surface area contributed by atoms with Gasteiger partial charge in [-0.15, -0.1) is 0 Å². The summed E-state index contributed by atoms with van der Waals surface area (Å²) in [4.78, 5) is 11.1. The quantitative estimate of drug-likeness (QED) is 0.784. The maximum atomic E-state index is 9.65. The zero-order chi connectivity index (χ0) is 15.9. The number of anilines is 1. The van der Waals surface area contributed by atoms with E-state index >= 15 is 0 Å². The summed E-state index contributed by atoms with van der Waals surface area (Å²) in [6.45, 7) is 9.49. The van der Waals surface area contributed by atoms with Gasteiger partial charge in [0.05, 0.1) is 18.2 Å². The normalized spacial score (nSPS) is 12.8. The van der Waals surface area contributed by atoms with E-state index in [1.807, 2.05) is 25.1 Å². The first-order valence-electron chi connectivity index (χ1n) is 7.99. The Balaban J connectivity index is 2.13. The molecule has 120 valence electrons. The molecule has 1 aromatic carbocycles. The molecule has 0 fully saturated rings. The van der Waals surface area contributed by atoms with Crippen LogP contribution in [0.15, 0.2) is 24.5 Å². The van der Waals surface area contributed by atoms with E-state index in [2.05, 4.69) is 34.0 Å². The predicted octanol–water partition coefficient (Wildman–Crippen LogP) is 2.44. The molecule has 0 aliphatic carbocycles. The molecule has 1 unspecified atom stereocenters. The Morgan fingerprint density at radius 3 is 2.68 bits per heavy atom. The minimum Gasteiger partial charge on any atom is -0.394 e. The number of aliphatic hydroxyl groups is 1. The molecule has 0 spiro atoms. The smallest absolute Gasteiger partial charge is 0.137 e. The van der Waals surface area contributed by atoms with E-state index in [-0.39, 0.29) is 12.6 Å². The lowest BCUT2D eigenvalue weighted by Crippen LogP contribution is -2.32. The van der Waals surface area contributed by atoms with E-state index in [0.717, 1.165) is 48.3 Å². The molecule has 2 rings (SSSR count). The van der Waals surface area contributed by atoms with E-state index in [0.29, 0.717) is 0 Å². The largest absolute Gasteiger partial charge is 0.394 e. The standard InChI is InChI=1S/C17H26N4O/c1-4-21(5-2)10-9-14(11-22)20-17-15-8-6-7-13(3)16(15)18-12-19-17/h6-8,12,14,22H,4-5,9-11H2,1-3H3,(H,18,19,20). The molecule has 1 heterocycles. The number of benzene rings is 1. The van der Waals surface area contributed by atoms with Crippen molar-refractivity contribution < 1.29 is 5.11 Å². The van der Waals surface area contributed by atoms with E-state index in [4.69, 9.17) is 0 Å². The van der Waals surface area contributed by atoms with Crippen LogP contribution in [0, 0.1) is 6.92 Å². The minimum atomic E-state index is -0.000729. The molecule has 0 saturated heterocycles. The Morgan fingerprint density at radius 2 is 2.00 bits per heavy atom. The number of aliphatic hydroxyl groups excluding tert-OH is 1. The Bertz CT molecular complexity index is 598. The Hall–Kier alpha value is -1.72. The summed E-state index contributed by atoms with van der Waals surface area (Å²) in [7, 11) is 0. The third-order valence-electron chi connectivity index (χ3n) is 4.12. The van der Waals surface area contributed by atoms with Crippen LogP contribution >= 0.6 is 0 Å². The highest BCUT2D eigenvalue weighted by Gasteiger charge is 2.12. The minimum absolute atomic E-state index is 0.000729. The van der Waals surface area contributed by atoms with E-state index < -0.39 is 0 Å². The second-order valence-corrected chi connectivity index (χ2v) is 5.53. The van der Waals surface area contributed by atoms with Crippen LogP contribution in [0.1, 0.15) is 25.8 Å². The Labute approximate surface area is 132 Å². The maximum Gasteiger partial charge on any atom is 0.137 e. The molecule has 2 N–H and O–H groups in total. The average Bonchev–Trinajstić information content (AvgIpc) is 2.55. The number of para-hydroxylation sites is 1. The Morgan fingerprint density at radius 1 is 1.23 bits per heavy atom. The number of aryl methyl sites for hydroxylation is 1. The zero-order valence-corrected chi connectivity index (χ0v) is 13.7. The van der Waals surface area contributed by atoms with Crippen molar-refractivity contribution in [2.75, 3.05) is 31.6 Å².